The number of nitrogens with zero attached hydrogens (tertiary/aromatic N) is 2. The Labute approximate surface area is 181 Å². The van der Waals surface area contributed by atoms with Crippen molar-refractivity contribution < 1.29 is 14.0 Å². The second-order valence-electron chi connectivity index (χ2n) is 6.51. The maximum absolute atomic E-state index is 13.0. The van der Waals surface area contributed by atoms with Crippen LogP contribution >= 0.6 is 11.8 Å². The number of anilines is 2. The first kappa shape index (κ1) is 22.2. The highest BCUT2D eigenvalue weighted by Crippen LogP contribution is 2.25. The summed E-state index contributed by atoms with van der Waals surface area (Å²) in [5.41, 5.74) is 0.916. The van der Waals surface area contributed by atoms with Gasteiger partial charge in [-0.2, -0.15) is 0 Å². The van der Waals surface area contributed by atoms with Crippen molar-refractivity contribution in [2.75, 3.05) is 10.6 Å². The van der Waals surface area contributed by atoms with Gasteiger partial charge in [-0.15, -0.1) is 10.2 Å². The number of carbonyl (C=O) groups is 2. The normalized spacial score (nSPS) is 11.6. The highest BCUT2D eigenvalue weighted by Gasteiger charge is 2.18. The van der Waals surface area contributed by atoms with Crippen LogP contribution in [0.1, 0.15) is 20.3 Å². The summed E-state index contributed by atoms with van der Waals surface area (Å²) in [5.74, 6) is -0.926. The van der Waals surface area contributed by atoms with Gasteiger partial charge in [0, 0.05) is 17.7 Å². The molecule has 1 heterocycles. The van der Waals surface area contributed by atoms with Gasteiger partial charge in [-0.1, -0.05) is 36.9 Å². The summed E-state index contributed by atoms with van der Waals surface area (Å²) in [6.07, 6.45) is 0.295. The third-order valence-corrected chi connectivity index (χ3v) is 5.20. The van der Waals surface area contributed by atoms with Crippen molar-refractivity contribution in [2.24, 2.45) is 0 Å². The monoisotopic (exact) mass is 441 g/mol. The van der Waals surface area contributed by atoms with Gasteiger partial charge in [-0.25, -0.2) is 4.39 Å². The van der Waals surface area contributed by atoms with Crippen LogP contribution in [0.2, 0.25) is 0 Å². The number of carbonyl (C=O) groups excluding carboxylic acids is 2. The zero-order valence-corrected chi connectivity index (χ0v) is 17.6. The van der Waals surface area contributed by atoms with Gasteiger partial charge in [0.15, 0.2) is 10.9 Å². The summed E-state index contributed by atoms with van der Waals surface area (Å²) >= 11 is 1.03. The quantitative estimate of drug-likeness (QED) is 0.484. The Morgan fingerprint density at radius 1 is 1.10 bits per heavy atom. The minimum absolute atomic E-state index is 0.0553. The van der Waals surface area contributed by atoms with Crippen LogP contribution in [0.5, 0.6) is 0 Å². The van der Waals surface area contributed by atoms with E-state index >= 15 is 0 Å². The number of rotatable bonds is 7. The smallest absolute Gasteiger partial charge is 0.278 e. The summed E-state index contributed by atoms with van der Waals surface area (Å²) in [4.78, 5) is 39.3. The number of nitrogens with one attached hydrogen (secondary N) is 3. The van der Waals surface area contributed by atoms with Crippen LogP contribution in [0.25, 0.3) is 11.3 Å². The third kappa shape index (κ3) is 5.76. The number of hydrogen-bond donors (Lipinski definition) is 3. The maximum Gasteiger partial charge on any atom is 0.278 e. The Morgan fingerprint density at radius 3 is 2.48 bits per heavy atom. The van der Waals surface area contributed by atoms with Crippen LogP contribution in [0.4, 0.5) is 15.8 Å². The molecule has 8 nitrogen and oxygen atoms in total. The molecule has 1 aromatic heterocycles. The number of benzene rings is 2. The van der Waals surface area contributed by atoms with E-state index in [9.17, 15) is 18.8 Å². The molecule has 0 unspecified atom stereocenters. The number of amides is 2. The Morgan fingerprint density at radius 2 is 1.81 bits per heavy atom. The van der Waals surface area contributed by atoms with Crippen molar-refractivity contribution in [1.82, 2.24) is 15.2 Å². The van der Waals surface area contributed by atoms with Crippen molar-refractivity contribution >= 4 is 35.0 Å². The van der Waals surface area contributed by atoms with E-state index in [2.05, 4.69) is 25.8 Å². The van der Waals surface area contributed by atoms with Gasteiger partial charge in [-0.05, 0) is 37.3 Å². The van der Waals surface area contributed by atoms with Crippen LogP contribution in [-0.2, 0) is 9.59 Å². The van der Waals surface area contributed by atoms with Crippen molar-refractivity contribution in [3.63, 3.8) is 0 Å². The van der Waals surface area contributed by atoms with Crippen molar-refractivity contribution in [1.29, 1.82) is 0 Å². The number of hydrogen-bond acceptors (Lipinski definition) is 6. The molecule has 10 heteroatoms. The molecule has 3 aromatic rings. The fraction of sp³-hybridized carbons (Fsp3) is 0.190. The lowest BCUT2D eigenvalue weighted by Crippen LogP contribution is -2.23. The van der Waals surface area contributed by atoms with E-state index in [0.29, 0.717) is 23.4 Å². The Bertz CT molecular complexity index is 1150. The second kappa shape index (κ2) is 9.98. The lowest BCUT2D eigenvalue weighted by Gasteiger charge is -2.12. The lowest BCUT2D eigenvalue weighted by atomic mass is 10.1. The first-order valence-corrected chi connectivity index (χ1v) is 10.3. The molecule has 0 saturated carbocycles. The minimum atomic E-state index is -0.600. The summed E-state index contributed by atoms with van der Waals surface area (Å²) in [5, 5.41) is 13.0. The zero-order chi connectivity index (χ0) is 22.4. The molecule has 0 radical (unpaired) electrons. The molecule has 0 fully saturated rings. The van der Waals surface area contributed by atoms with E-state index in [1.165, 1.54) is 24.3 Å². The van der Waals surface area contributed by atoms with Crippen LogP contribution in [0.3, 0.4) is 0 Å². The molecule has 0 saturated heterocycles. The van der Waals surface area contributed by atoms with Crippen molar-refractivity contribution in [3.8, 4) is 11.3 Å². The first-order valence-electron chi connectivity index (χ1n) is 9.46. The standard InChI is InChI=1S/C21H20FN5O3S/c1-3-17(28)24-16-7-5-4-6-15(16)18-20(30)25-21(27-26-18)31-12(2)19(29)23-14-10-8-13(22)9-11-14/h4-12H,3H2,1-2H3,(H,23,29)(H,24,28)(H,25,27,30)/t12-/m1/s1. The highest BCUT2D eigenvalue weighted by molar-refractivity contribution is 8.00. The molecule has 1 atom stereocenters. The van der Waals surface area contributed by atoms with E-state index in [4.69, 9.17) is 0 Å². The van der Waals surface area contributed by atoms with Gasteiger partial charge in [-0.3, -0.25) is 19.4 Å². The largest absolute Gasteiger partial charge is 0.325 e. The van der Waals surface area contributed by atoms with Crippen molar-refractivity contribution in [2.45, 2.75) is 30.7 Å². The van der Waals surface area contributed by atoms with E-state index in [-0.39, 0.29) is 22.7 Å². The minimum Gasteiger partial charge on any atom is -0.325 e. The molecule has 0 bridgehead atoms. The number of H-pyrrole nitrogens is 1. The first-order chi connectivity index (χ1) is 14.9. The molecule has 160 valence electrons. The molecule has 3 rings (SSSR count). The summed E-state index contributed by atoms with van der Waals surface area (Å²) in [6.45, 7) is 3.37. The molecule has 0 spiro atoms. The van der Waals surface area contributed by atoms with E-state index in [1.54, 1.807) is 38.1 Å². The van der Waals surface area contributed by atoms with Crippen molar-refractivity contribution in [3.05, 3.63) is 64.7 Å². The average Bonchev–Trinajstić information content (AvgIpc) is 2.76. The van der Waals surface area contributed by atoms with Crippen LogP contribution in [0, 0.1) is 5.82 Å². The molecule has 0 aliphatic rings. The van der Waals surface area contributed by atoms with Gasteiger partial charge in [0.25, 0.3) is 5.56 Å². The average molecular weight is 441 g/mol. The summed E-state index contributed by atoms with van der Waals surface area (Å²) < 4.78 is 13.0. The molecule has 3 N–H and O–H groups in total. The lowest BCUT2D eigenvalue weighted by molar-refractivity contribution is -0.116. The Kier molecular flexibility index (Phi) is 7.14. The number of aromatic amines is 1. The van der Waals surface area contributed by atoms with E-state index in [0.717, 1.165) is 11.8 Å². The molecular weight excluding hydrogens is 421 g/mol. The number of aromatic nitrogens is 3. The predicted octanol–water partition coefficient (Wildman–Crippen LogP) is 3.44. The fourth-order valence-corrected chi connectivity index (χ4v) is 3.33. The Balaban J connectivity index is 1.74. The summed E-state index contributed by atoms with van der Waals surface area (Å²) in [7, 11) is 0. The number of para-hydroxylation sites is 1. The van der Waals surface area contributed by atoms with Gasteiger partial charge >= 0.3 is 0 Å². The van der Waals surface area contributed by atoms with Crippen LogP contribution in [-0.4, -0.2) is 32.2 Å². The topological polar surface area (TPSA) is 117 Å². The SMILES string of the molecule is CCC(=O)Nc1ccccc1-c1nnc(S[C@H](C)C(=O)Nc2ccc(F)cc2)[nH]c1=O. The zero-order valence-electron chi connectivity index (χ0n) is 16.8. The number of halogens is 1. The molecule has 2 amide bonds. The molecule has 31 heavy (non-hydrogen) atoms. The van der Waals surface area contributed by atoms with Gasteiger partial charge in [0.1, 0.15) is 5.82 Å². The Hall–Kier alpha value is -3.53. The van der Waals surface area contributed by atoms with Gasteiger partial charge in [0.05, 0.1) is 10.9 Å². The molecule has 2 aromatic carbocycles. The van der Waals surface area contributed by atoms with Crippen LogP contribution in [0.15, 0.2) is 58.5 Å². The predicted molar refractivity (Wildman–Crippen MR) is 117 cm³/mol. The highest BCUT2D eigenvalue weighted by atomic mass is 32.2. The van der Waals surface area contributed by atoms with E-state index < -0.39 is 16.6 Å². The van der Waals surface area contributed by atoms with Crippen LogP contribution < -0.4 is 16.2 Å². The van der Waals surface area contributed by atoms with Gasteiger partial charge in [0.2, 0.25) is 11.8 Å². The fourth-order valence-electron chi connectivity index (χ4n) is 2.59. The van der Waals surface area contributed by atoms with E-state index in [1.807, 2.05) is 0 Å². The molecular formula is C21H20FN5O3S. The molecule has 0 aliphatic heterocycles. The number of thioether (sulfide) groups is 1. The third-order valence-electron chi connectivity index (χ3n) is 4.22. The van der Waals surface area contributed by atoms with Gasteiger partial charge < -0.3 is 10.6 Å². The second-order valence-corrected chi connectivity index (χ2v) is 7.84. The molecule has 0 aliphatic carbocycles. The summed E-state index contributed by atoms with van der Waals surface area (Å²) in [6, 6.07) is 12.2. The maximum atomic E-state index is 13.0.